The molecule has 2 aromatic rings. The molecule has 1 atom stereocenters. The zero-order valence-corrected chi connectivity index (χ0v) is 16.1. The summed E-state index contributed by atoms with van der Waals surface area (Å²) >= 11 is 5.98. The third-order valence-electron chi connectivity index (χ3n) is 4.92. The van der Waals surface area contributed by atoms with E-state index >= 15 is 0 Å². The second-order valence-electron chi connectivity index (χ2n) is 6.93. The van der Waals surface area contributed by atoms with Crippen molar-refractivity contribution in [2.45, 2.75) is 19.3 Å². The molecule has 2 aliphatic rings. The fourth-order valence-corrected chi connectivity index (χ4v) is 3.69. The molecule has 0 unspecified atom stereocenters. The SMILES string of the molecule is O=C(Oc1cccc(N2C(=O)CCC2=O)c1)[C@H]1CC(=O)N(c2cccc(Cl)c2)C1. The van der Waals surface area contributed by atoms with Crippen LogP contribution in [0.4, 0.5) is 11.4 Å². The normalized spacial score (nSPS) is 19.2. The van der Waals surface area contributed by atoms with E-state index < -0.39 is 11.9 Å². The van der Waals surface area contributed by atoms with Gasteiger partial charge in [0.1, 0.15) is 5.75 Å². The van der Waals surface area contributed by atoms with Crippen molar-refractivity contribution in [3.8, 4) is 5.75 Å². The lowest BCUT2D eigenvalue weighted by Gasteiger charge is -2.17. The van der Waals surface area contributed by atoms with Crippen LogP contribution in [0.5, 0.6) is 5.75 Å². The largest absolute Gasteiger partial charge is 0.426 e. The summed E-state index contributed by atoms with van der Waals surface area (Å²) in [7, 11) is 0. The molecule has 2 aromatic carbocycles. The fraction of sp³-hybridized carbons (Fsp3) is 0.238. The maximum atomic E-state index is 12.6. The van der Waals surface area contributed by atoms with E-state index in [4.69, 9.17) is 16.3 Å². The number of imide groups is 1. The summed E-state index contributed by atoms with van der Waals surface area (Å²) in [6.45, 7) is 0.195. The Kier molecular flexibility index (Phi) is 5.07. The van der Waals surface area contributed by atoms with Crippen molar-refractivity contribution in [2.75, 3.05) is 16.3 Å². The Labute approximate surface area is 171 Å². The van der Waals surface area contributed by atoms with Gasteiger partial charge in [0.15, 0.2) is 0 Å². The van der Waals surface area contributed by atoms with E-state index in [1.54, 1.807) is 42.5 Å². The Morgan fingerprint density at radius 1 is 0.931 bits per heavy atom. The standard InChI is InChI=1S/C21H17ClN2O5/c22-14-3-1-4-15(10-14)23-12-13(9-20(23)27)21(28)29-17-6-2-5-16(11-17)24-18(25)7-8-19(24)26/h1-6,10-11,13H,7-9,12H2/t13-/m0/s1. The van der Waals surface area contributed by atoms with Crippen LogP contribution in [0.2, 0.25) is 5.02 Å². The highest BCUT2D eigenvalue weighted by Gasteiger charge is 2.37. The second kappa shape index (κ2) is 7.67. The minimum Gasteiger partial charge on any atom is -0.426 e. The minimum atomic E-state index is -0.625. The molecule has 2 aliphatic heterocycles. The fourth-order valence-electron chi connectivity index (χ4n) is 3.51. The third-order valence-corrected chi connectivity index (χ3v) is 5.16. The Balaban J connectivity index is 1.46. The number of amides is 3. The van der Waals surface area contributed by atoms with Crippen molar-refractivity contribution in [2.24, 2.45) is 5.92 Å². The van der Waals surface area contributed by atoms with Gasteiger partial charge in [-0.1, -0.05) is 23.7 Å². The number of esters is 1. The number of benzene rings is 2. The molecule has 3 amide bonds. The van der Waals surface area contributed by atoms with Gasteiger partial charge in [-0.2, -0.15) is 0 Å². The lowest BCUT2D eigenvalue weighted by atomic mass is 10.1. The lowest BCUT2D eigenvalue weighted by molar-refractivity contribution is -0.139. The Morgan fingerprint density at radius 2 is 1.62 bits per heavy atom. The molecular weight excluding hydrogens is 396 g/mol. The summed E-state index contributed by atoms with van der Waals surface area (Å²) in [6, 6.07) is 13.1. The number of carbonyl (C=O) groups is 4. The maximum absolute atomic E-state index is 12.6. The summed E-state index contributed by atoms with van der Waals surface area (Å²) in [4.78, 5) is 51.3. The van der Waals surface area contributed by atoms with E-state index in [9.17, 15) is 19.2 Å². The van der Waals surface area contributed by atoms with Gasteiger partial charge in [-0.3, -0.25) is 24.1 Å². The van der Waals surface area contributed by atoms with Gasteiger partial charge in [-0.25, -0.2) is 0 Å². The summed E-state index contributed by atoms with van der Waals surface area (Å²) in [5.41, 5.74) is 0.997. The van der Waals surface area contributed by atoms with Gasteiger partial charge < -0.3 is 9.64 Å². The number of nitrogens with zero attached hydrogens (tertiary/aromatic N) is 2. The van der Waals surface area contributed by atoms with Crippen LogP contribution in [-0.2, 0) is 19.2 Å². The van der Waals surface area contributed by atoms with Crippen molar-refractivity contribution in [1.82, 2.24) is 0 Å². The molecule has 8 heteroatoms. The molecule has 0 spiro atoms. The van der Waals surface area contributed by atoms with Gasteiger partial charge in [0.05, 0.1) is 11.6 Å². The number of carbonyl (C=O) groups excluding carboxylic acids is 4. The molecule has 0 N–H and O–H groups in total. The zero-order valence-electron chi connectivity index (χ0n) is 15.3. The number of anilines is 2. The highest BCUT2D eigenvalue weighted by molar-refractivity contribution is 6.31. The van der Waals surface area contributed by atoms with Crippen LogP contribution in [-0.4, -0.2) is 30.2 Å². The van der Waals surface area contributed by atoms with E-state index in [2.05, 4.69) is 0 Å². The van der Waals surface area contributed by atoms with Crippen LogP contribution in [0.1, 0.15) is 19.3 Å². The summed E-state index contributed by atoms with van der Waals surface area (Å²) < 4.78 is 5.43. The molecule has 2 saturated heterocycles. The molecule has 7 nitrogen and oxygen atoms in total. The van der Waals surface area contributed by atoms with Crippen LogP contribution in [0.3, 0.4) is 0 Å². The average molecular weight is 413 g/mol. The summed E-state index contributed by atoms with van der Waals surface area (Å²) in [5.74, 6) is -1.70. The van der Waals surface area contributed by atoms with Crippen molar-refractivity contribution in [1.29, 1.82) is 0 Å². The van der Waals surface area contributed by atoms with E-state index in [1.807, 2.05) is 0 Å². The van der Waals surface area contributed by atoms with Crippen LogP contribution in [0, 0.1) is 5.92 Å². The van der Waals surface area contributed by atoms with Crippen LogP contribution in [0.15, 0.2) is 48.5 Å². The Hall–Kier alpha value is -3.19. The summed E-state index contributed by atoms with van der Waals surface area (Å²) in [6.07, 6.45) is 0.382. The molecule has 0 aliphatic carbocycles. The van der Waals surface area contributed by atoms with E-state index in [1.165, 1.54) is 11.0 Å². The molecule has 4 rings (SSSR count). The first-order chi connectivity index (χ1) is 13.9. The number of ether oxygens (including phenoxy) is 1. The molecule has 0 saturated carbocycles. The smallest absolute Gasteiger partial charge is 0.316 e. The quantitative estimate of drug-likeness (QED) is 0.438. The number of hydrogen-bond acceptors (Lipinski definition) is 5. The predicted molar refractivity (Wildman–Crippen MR) is 106 cm³/mol. The lowest BCUT2D eigenvalue weighted by Crippen LogP contribution is -2.29. The maximum Gasteiger partial charge on any atom is 0.316 e. The second-order valence-corrected chi connectivity index (χ2v) is 7.36. The molecule has 0 radical (unpaired) electrons. The van der Waals surface area contributed by atoms with Crippen molar-refractivity contribution < 1.29 is 23.9 Å². The first-order valence-electron chi connectivity index (χ1n) is 9.16. The first kappa shape index (κ1) is 19.1. The van der Waals surface area contributed by atoms with Gasteiger partial charge in [-0.05, 0) is 30.3 Å². The number of rotatable bonds is 4. The van der Waals surface area contributed by atoms with Gasteiger partial charge in [-0.15, -0.1) is 0 Å². The van der Waals surface area contributed by atoms with Gasteiger partial charge in [0.25, 0.3) is 0 Å². The molecular formula is C21H17ClN2O5. The highest BCUT2D eigenvalue weighted by Crippen LogP contribution is 2.30. The van der Waals surface area contributed by atoms with Gasteiger partial charge in [0, 0.05) is 42.6 Å². The first-order valence-corrected chi connectivity index (χ1v) is 9.53. The monoisotopic (exact) mass is 412 g/mol. The van der Waals surface area contributed by atoms with Crippen molar-refractivity contribution in [3.63, 3.8) is 0 Å². The molecule has 0 aromatic heterocycles. The highest BCUT2D eigenvalue weighted by atomic mass is 35.5. The minimum absolute atomic E-state index is 0.0358. The number of hydrogen-bond donors (Lipinski definition) is 0. The van der Waals surface area contributed by atoms with Crippen LogP contribution in [0.25, 0.3) is 0 Å². The average Bonchev–Trinajstić information content (AvgIpc) is 3.24. The van der Waals surface area contributed by atoms with Gasteiger partial charge >= 0.3 is 5.97 Å². The van der Waals surface area contributed by atoms with E-state index in [0.717, 1.165) is 4.90 Å². The molecule has 148 valence electrons. The molecule has 2 heterocycles. The predicted octanol–water partition coefficient (Wildman–Crippen LogP) is 2.95. The van der Waals surface area contributed by atoms with Crippen molar-refractivity contribution >= 4 is 46.7 Å². The molecule has 2 fully saturated rings. The Bertz CT molecular complexity index is 1010. The van der Waals surface area contributed by atoms with E-state index in [-0.39, 0.29) is 49.3 Å². The molecule has 0 bridgehead atoms. The number of halogens is 1. The third kappa shape index (κ3) is 3.86. The van der Waals surface area contributed by atoms with Crippen LogP contribution >= 0.6 is 11.6 Å². The van der Waals surface area contributed by atoms with Gasteiger partial charge in [0.2, 0.25) is 17.7 Å². The van der Waals surface area contributed by atoms with Crippen LogP contribution < -0.4 is 14.5 Å². The summed E-state index contributed by atoms with van der Waals surface area (Å²) in [5, 5.41) is 0.504. The Morgan fingerprint density at radius 3 is 2.34 bits per heavy atom. The molecule has 29 heavy (non-hydrogen) atoms. The van der Waals surface area contributed by atoms with E-state index in [0.29, 0.717) is 16.4 Å². The van der Waals surface area contributed by atoms with Crippen molar-refractivity contribution in [3.05, 3.63) is 53.6 Å². The zero-order chi connectivity index (χ0) is 20.5. The topological polar surface area (TPSA) is 84.0 Å².